The van der Waals surface area contributed by atoms with Crippen LogP contribution in [0.2, 0.25) is 0 Å². The molecule has 0 aliphatic carbocycles. The van der Waals surface area contributed by atoms with Crippen LogP contribution in [0.5, 0.6) is 0 Å². The molecule has 2 aromatic heterocycles. The second kappa shape index (κ2) is 7.68. The molecule has 0 aliphatic rings. The molecule has 0 unspecified atom stereocenters. The summed E-state index contributed by atoms with van der Waals surface area (Å²) in [5, 5.41) is 23.1. The molecule has 128 valence electrons. The van der Waals surface area contributed by atoms with Crippen molar-refractivity contribution in [3.05, 3.63) is 45.3 Å². The molecule has 0 spiro atoms. The van der Waals surface area contributed by atoms with Gasteiger partial charge in [0.25, 0.3) is 5.69 Å². The molecule has 1 aromatic carbocycles. The van der Waals surface area contributed by atoms with Gasteiger partial charge in [-0.25, -0.2) is 4.98 Å². The second-order valence-corrected chi connectivity index (χ2v) is 8.08. The largest absolute Gasteiger partial charge is 0.301 e. The van der Waals surface area contributed by atoms with Gasteiger partial charge in [-0.2, -0.15) is 0 Å². The van der Waals surface area contributed by atoms with Crippen molar-refractivity contribution in [2.24, 2.45) is 0 Å². The highest BCUT2D eigenvalue weighted by Crippen LogP contribution is 2.29. The molecule has 25 heavy (non-hydrogen) atoms. The molecular formula is C14H11N5O3S3. The fourth-order valence-corrected chi connectivity index (χ4v) is 4.22. The number of thiazole rings is 1. The Morgan fingerprint density at radius 1 is 1.40 bits per heavy atom. The Balaban J connectivity index is 1.68. The molecule has 1 atom stereocenters. The van der Waals surface area contributed by atoms with Crippen LogP contribution in [0.4, 0.5) is 10.8 Å². The molecular weight excluding hydrogens is 382 g/mol. The van der Waals surface area contributed by atoms with Crippen molar-refractivity contribution in [3.8, 4) is 11.3 Å². The van der Waals surface area contributed by atoms with Crippen molar-refractivity contribution in [2.45, 2.75) is 16.5 Å². The van der Waals surface area contributed by atoms with E-state index in [1.807, 2.05) is 0 Å². The van der Waals surface area contributed by atoms with Gasteiger partial charge in [0.2, 0.25) is 5.91 Å². The molecule has 2 heterocycles. The van der Waals surface area contributed by atoms with Crippen LogP contribution in [-0.4, -0.2) is 31.3 Å². The van der Waals surface area contributed by atoms with E-state index >= 15 is 0 Å². The summed E-state index contributed by atoms with van der Waals surface area (Å²) in [5.74, 6) is -0.194. The summed E-state index contributed by atoms with van der Waals surface area (Å²) >= 11 is 3.96. The molecule has 0 fully saturated rings. The molecule has 11 heteroatoms. The van der Waals surface area contributed by atoms with Crippen LogP contribution in [0, 0.1) is 10.1 Å². The first-order chi connectivity index (χ1) is 12.0. The molecule has 0 aliphatic heterocycles. The molecule has 0 bridgehead atoms. The number of nitro benzene ring substituents is 1. The van der Waals surface area contributed by atoms with Gasteiger partial charge in [-0.15, -0.1) is 21.5 Å². The molecule has 0 saturated carbocycles. The van der Waals surface area contributed by atoms with Crippen molar-refractivity contribution < 1.29 is 9.72 Å². The van der Waals surface area contributed by atoms with E-state index in [1.54, 1.807) is 29.9 Å². The summed E-state index contributed by atoms with van der Waals surface area (Å²) in [4.78, 5) is 27.0. The summed E-state index contributed by atoms with van der Waals surface area (Å²) in [7, 11) is 0. The van der Waals surface area contributed by atoms with E-state index in [9.17, 15) is 14.9 Å². The Morgan fingerprint density at radius 3 is 2.96 bits per heavy atom. The smallest absolute Gasteiger partial charge is 0.270 e. The third kappa shape index (κ3) is 4.38. The first-order valence-corrected chi connectivity index (χ1v) is 9.61. The Labute approximate surface area is 154 Å². The number of nitrogens with one attached hydrogen (secondary N) is 1. The standard InChI is InChI=1S/C14H11N5O3S3/c1-8(25-14-18-15-7-24-14)12(20)17-13-16-11(6-23-13)9-3-2-4-10(5-9)19(21)22/h2-8H,1H3,(H,16,17,20)/t8-/m0/s1. The lowest BCUT2D eigenvalue weighted by atomic mass is 10.1. The predicted octanol–water partition coefficient (Wildman–Crippen LogP) is 3.69. The van der Waals surface area contributed by atoms with Crippen LogP contribution in [-0.2, 0) is 4.79 Å². The number of non-ortho nitro benzene ring substituents is 1. The Kier molecular flexibility index (Phi) is 5.36. The third-order valence-corrected chi connectivity index (χ3v) is 5.74. The van der Waals surface area contributed by atoms with Crippen molar-refractivity contribution in [3.63, 3.8) is 0 Å². The first kappa shape index (κ1) is 17.5. The van der Waals surface area contributed by atoms with Gasteiger partial charge in [-0.1, -0.05) is 35.2 Å². The van der Waals surface area contributed by atoms with E-state index in [-0.39, 0.29) is 16.8 Å². The number of thioether (sulfide) groups is 1. The topological polar surface area (TPSA) is 111 Å². The fraction of sp³-hybridized carbons (Fsp3) is 0.143. The van der Waals surface area contributed by atoms with Crippen molar-refractivity contribution in [1.29, 1.82) is 0 Å². The Bertz CT molecular complexity index is 897. The second-order valence-electron chi connectivity index (χ2n) is 4.80. The normalized spacial score (nSPS) is 11.9. The molecule has 8 nitrogen and oxygen atoms in total. The summed E-state index contributed by atoms with van der Waals surface area (Å²) in [5.41, 5.74) is 2.81. The average molecular weight is 393 g/mol. The van der Waals surface area contributed by atoms with Crippen LogP contribution >= 0.6 is 34.4 Å². The Morgan fingerprint density at radius 2 is 2.24 bits per heavy atom. The number of hydrogen-bond acceptors (Lipinski definition) is 9. The lowest BCUT2D eigenvalue weighted by Gasteiger charge is -2.07. The zero-order valence-electron chi connectivity index (χ0n) is 12.8. The number of amides is 1. The van der Waals surface area contributed by atoms with Crippen LogP contribution in [0.3, 0.4) is 0 Å². The maximum absolute atomic E-state index is 12.2. The van der Waals surface area contributed by atoms with Crippen LogP contribution in [0.15, 0.2) is 39.5 Å². The van der Waals surface area contributed by atoms with Crippen molar-refractivity contribution >= 4 is 51.2 Å². The fourth-order valence-electron chi connectivity index (χ4n) is 1.87. The molecule has 3 rings (SSSR count). The van der Waals surface area contributed by atoms with Crippen LogP contribution in [0.1, 0.15) is 6.92 Å². The van der Waals surface area contributed by atoms with Gasteiger partial charge < -0.3 is 5.32 Å². The molecule has 1 N–H and O–H groups in total. The predicted molar refractivity (Wildman–Crippen MR) is 98.1 cm³/mol. The highest BCUT2D eigenvalue weighted by Gasteiger charge is 2.18. The van der Waals surface area contributed by atoms with Crippen LogP contribution < -0.4 is 5.32 Å². The zero-order valence-corrected chi connectivity index (χ0v) is 15.2. The van der Waals surface area contributed by atoms with Gasteiger partial charge in [0, 0.05) is 23.1 Å². The summed E-state index contributed by atoms with van der Waals surface area (Å²) in [6.45, 7) is 1.77. The number of rotatable bonds is 6. The van der Waals surface area contributed by atoms with Gasteiger partial charge in [-0.3, -0.25) is 14.9 Å². The Hall–Kier alpha value is -2.37. The highest BCUT2D eigenvalue weighted by molar-refractivity contribution is 8.02. The lowest BCUT2D eigenvalue weighted by Crippen LogP contribution is -2.22. The number of carbonyl (C=O) groups excluding carboxylic acids is 1. The SMILES string of the molecule is C[C@H](Sc1nncs1)C(=O)Nc1nc(-c2cccc([N+](=O)[O-])c2)cs1. The van der Waals surface area contributed by atoms with Gasteiger partial charge in [0.15, 0.2) is 9.47 Å². The van der Waals surface area contributed by atoms with E-state index in [4.69, 9.17) is 0 Å². The minimum Gasteiger partial charge on any atom is -0.301 e. The third-order valence-electron chi connectivity index (χ3n) is 3.07. The van der Waals surface area contributed by atoms with Gasteiger partial charge >= 0.3 is 0 Å². The van der Waals surface area contributed by atoms with Crippen molar-refractivity contribution in [1.82, 2.24) is 15.2 Å². The summed E-state index contributed by atoms with van der Waals surface area (Å²) in [6, 6.07) is 6.22. The summed E-state index contributed by atoms with van der Waals surface area (Å²) in [6.07, 6.45) is 0. The number of nitro groups is 1. The highest BCUT2D eigenvalue weighted by atomic mass is 32.2. The van der Waals surface area contributed by atoms with E-state index < -0.39 is 4.92 Å². The van der Waals surface area contributed by atoms with E-state index in [1.165, 1.54) is 46.6 Å². The minimum atomic E-state index is -0.453. The molecule has 1 amide bonds. The number of anilines is 1. The zero-order chi connectivity index (χ0) is 17.8. The number of carbonyl (C=O) groups is 1. The van der Waals surface area contributed by atoms with Crippen LogP contribution in [0.25, 0.3) is 11.3 Å². The van der Waals surface area contributed by atoms with E-state index in [0.29, 0.717) is 16.4 Å². The van der Waals surface area contributed by atoms with Gasteiger partial charge in [0.05, 0.1) is 15.9 Å². The van der Waals surface area contributed by atoms with E-state index in [0.717, 1.165) is 4.34 Å². The minimum absolute atomic E-state index is 0.00170. The molecule has 0 radical (unpaired) electrons. The van der Waals surface area contributed by atoms with Crippen molar-refractivity contribution in [2.75, 3.05) is 5.32 Å². The number of hydrogen-bond donors (Lipinski definition) is 1. The number of aromatic nitrogens is 3. The average Bonchev–Trinajstić information content (AvgIpc) is 3.27. The quantitative estimate of drug-likeness (QED) is 0.386. The lowest BCUT2D eigenvalue weighted by molar-refractivity contribution is -0.384. The monoisotopic (exact) mass is 393 g/mol. The van der Waals surface area contributed by atoms with Gasteiger partial charge in [0.1, 0.15) is 5.51 Å². The number of nitrogens with zero attached hydrogens (tertiary/aromatic N) is 4. The van der Waals surface area contributed by atoms with E-state index in [2.05, 4.69) is 20.5 Å². The summed E-state index contributed by atoms with van der Waals surface area (Å²) < 4.78 is 0.721. The maximum Gasteiger partial charge on any atom is 0.270 e. The van der Waals surface area contributed by atoms with Gasteiger partial charge in [-0.05, 0) is 6.92 Å². The number of benzene rings is 1. The molecule has 3 aromatic rings. The first-order valence-electron chi connectivity index (χ1n) is 6.97. The maximum atomic E-state index is 12.2. The molecule has 0 saturated heterocycles.